The molecule has 1 aliphatic carbocycles. The maximum Gasteiger partial charge on any atom is 0.160 e. The molecule has 58 heavy (non-hydrogen) atoms. The zero-order valence-corrected chi connectivity index (χ0v) is 32.2. The summed E-state index contributed by atoms with van der Waals surface area (Å²) in [5, 5.41) is 4.94. The van der Waals surface area contributed by atoms with Crippen LogP contribution in [0.25, 0.3) is 77.7 Å². The fourth-order valence-electron chi connectivity index (χ4n) is 9.56. The first-order valence-electron chi connectivity index (χ1n) is 19.8. The standard InChI is InChI=1S/C55H34N2S/c1-2-14-38(15-3-1)54-56-50(34-51(57-54)40-31-32-42-39(33-40)30-27-35-13-4-5-16-41(35)42)37-28-25-36(26-29-37)43-19-12-23-49-53(43)58-52-24-11-10-22-48(52)55(49)46-20-8-6-17-44(46)45-18-7-9-21-47(45)55/h1-34H. The second-order valence-corrected chi connectivity index (χ2v) is 16.3. The molecule has 0 fully saturated rings. The zero-order chi connectivity index (χ0) is 38.2. The molecule has 0 amide bonds. The predicted molar refractivity (Wildman–Crippen MR) is 240 cm³/mol. The van der Waals surface area contributed by atoms with Gasteiger partial charge in [-0.15, -0.1) is 0 Å². The van der Waals surface area contributed by atoms with Gasteiger partial charge in [0.25, 0.3) is 0 Å². The zero-order valence-electron chi connectivity index (χ0n) is 31.4. The summed E-state index contributed by atoms with van der Waals surface area (Å²) in [5.41, 5.74) is 15.0. The fraction of sp³-hybridized carbons (Fsp3) is 0.0182. The number of rotatable bonds is 4. The summed E-state index contributed by atoms with van der Waals surface area (Å²) in [4.78, 5) is 12.9. The topological polar surface area (TPSA) is 25.8 Å². The first-order valence-corrected chi connectivity index (χ1v) is 20.6. The molecular weight excluding hydrogens is 721 g/mol. The van der Waals surface area contributed by atoms with Crippen molar-refractivity contribution in [2.45, 2.75) is 15.2 Å². The van der Waals surface area contributed by atoms with Gasteiger partial charge in [0.05, 0.1) is 16.8 Å². The molecule has 2 heterocycles. The fourth-order valence-corrected chi connectivity index (χ4v) is 10.9. The van der Waals surface area contributed by atoms with Gasteiger partial charge in [0.2, 0.25) is 0 Å². The lowest BCUT2D eigenvalue weighted by Gasteiger charge is -2.40. The maximum absolute atomic E-state index is 5.18. The van der Waals surface area contributed by atoms with Crippen molar-refractivity contribution < 1.29 is 0 Å². The lowest BCUT2D eigenvalue weighted by atomic mass is 9.67. The van der Waals surface area contributed by atoms with Crippen LogP contribution in [0.3, 0.4) is 0 Å². The van der Waals surface area contributed by atoms with Gasteiger partial charge in [-0.25, -0.2) is 9.97 Å². The van der Waals surface area contributed by atoms with E-state index in [2.05, 4.69) is 188 Å². The Morgan fingerprint density at radius 1 is 0.345 bits per heavy atom. The molecule has 10 aromatic rings. The predicted octanol–water partition coefficient (Wildman–Crippen LogP) is 14.3. The van der Waals surface area contributed by atoms with E-state index in [1.165, 1.54) is 75.8 Å². The summed E-state index contributed by atoms with van der Waals surface area (Å²) in [5.74, 6) is 0.713. The highest BCUT2D eigenvalue weighted by atomic mass is 32.2. The van der Waals surface area contributed by atoms with Crippen LogP contribution >= 0.6 is 11.8 Å². The first-order chi connectivity index (χ1) is 28.7. The Balaban J connectivity index is 0.988. The van der Waals surface area contributed by atoms with Crippen LogP contribution in [0.5, 0.6) is 0 Å². The highest BCUT2D eigenvalue weighted by Crippen LogP contribution is 2.63. The molecule has 0 saturated heterocycles. The minimum Gasteiger partial charge on any atom is -0.228 e. The Morgan fingerprint density at radius 3 is 1.71 bits per heavy atom. The van der Waals surface area contributed by atoms with Crippen LogP contribution in [0.2, 0.25) is 0 Å². The van der Waals surface area contributed by atoms with Crippen molar-refractivity contribution in [2.24, 2.45) is 0 Å². The minimum atomic E-state index is -0.401. The Kier molecular flexibility index (Phi) is 7.41. The van der Waals surface area contributed by atoms with Gasteiger partial charge in [-0.3, -0.25) is 0 Å². The number of benzene rings is 9. The number of aromatic nitrogens is 2. The Labute approximate surface area is 341 Å². The molecule has 0 saturated carbocycles. The normalized spacial score (nSPS) is 13.2. The summed E-state index contributed by atoms with van der Waals surface area (Å²) < 4.78 is 0. The smallest absolute Gasteiger partial charge is 0.160 e. The maximum atomic E-state index is 5.18. The van der Waals surface area contributed by atoms with E-state index in [1.807, 2.05) is 30.0 Å². The van der Waals surface area contributed by atoms with Crippen molar-refractivity contribution in [1.82, 2.24) is 9.97 Å². The molecule has 1 aromatic heterocycles. The number of hydrogen-bond acceptors (Lipinski definition) is 3. The SMILES string of the molecule is c1ccc(-c2nc(-c3ccc(-c4cccc5c4Sc4ccccc4C54c5ccccc5-c5ccccc54)cc3)cc(-c3ccc4c(ccc5ccccc54)c3)n2)cc1. The van der Waals surface area contributed by atoms with Gasteiger partial charge in [-0.2, -0.15) is 0 Å². The number of fused-ring (bicyclic) bond motifs is 12. The molecule has 1 spiro atoms. The van der Waals surface area contributed by atoms with Gasteiger partial charge < -0.3 is 0 Å². The molecule has 2 aliphatic rings. The lowest BCUT2D eigenvalue weighted by Crippen LogP contribution is -2.32. The highest BCUT2D eigenvalue weighted by Gasteiger charge is 2.50. The van der Waals surface area contributed by atoms with E-state index in [9.17, 15) is 0 Å². The van der Waals surface area contributed by atoms with E-state index in [4.69, 9.17) is 9.97 Å². The molecule has 12 rings (SSSR count). The summed E-state index contributed by atoms with van der Waals surface area (Å²) in [6.45, 7) is 0. The van der Waals surface area contributed by atoms with Crippen molar-refractivity contribution in [2.75, 3.05) is 0 Å². The molecule has 9 aromatic carbocycles. The van der Waals surface area contributed by atoms with E-state index in [1.54, 1.807) is 0 Å². The van der Waals surface area contributed by atoms with Gasteiger partial charge >= 0.3 is 0 Å². The van der Waals surface area contributed by atoms with Gasteiger partial charge in [-0.1, -0.05) is 200 Å². The van der Waals surface area contributed by atoms with E-state index in [0.29, 0.717) is 5.82 Å². The average molecular weight is 755 g/mol. The summed E-state index contributed by atoms with van der Waals surface area (Å²) in [7, 11) is 0. The first kappa shape index (κ1) is 33.1. The van der Waals surface area contributed by atoms with Crippen LogP contribution in [-0.4, -0.2) is 9.97 Å². The van der Waals surface area contributed by atoms with E-state index < -0.39 is 5.41 Å². The van der Waals surface area contributed by atoms with Crippen molar-refractivity contribution in [3.8, 4) is 56.2 Å². The molecule has 0 bridgehead atoms. The third kappa shape index (κ3) is 4.93. The quantitative estimate of drug-likeness (QED) is 0.167. The van der Waals surface area contributed by atoms with Crippen LogP contribution in [0.1, 0.15) is 22.3 Å². The van der Waals surface area contributed by atoms with Crippen molar-refractivity contribution in [3.63, 3.8) is 0 Å². The number of hydrogen-bond donors (Lipinski definition) is 0. The molecule has 1 aliphatic heterocycles. The molecule has 3 heteroatoms. The van der Waals surface area contributed by atoms with Crippen LogP contribution in [-0.2, 0) is 5.41 Å². The largest absolute Gasteiger partial charge is 0.228 e. The van der Waals surface area contributed by atoms with Gasteiger partial charge in [-0.05, 0) is 84.3 Å². The minimum absolute atomic E-state index is 0.401. The van der Waals surface area contributed by atoms with Crippen LogP contribution in [0, 0.1) is 0 Å². The number of nitrogens with zero attached hydrogens (tertiary/aromatic N) is 2. The lowest BCUT2D eigenvalue weighted by molar-refractivity contribution is 0.723. The van der Waals surface area contributed by atoms with Gasteiger partial charge in [0.1, 0.15) is 0 Å². The molecule has 270 valence electrons. The molecule has 0 radical (unpaired) electrons. The van der Waals surface area contributed by atoms with Crippen molar-refractivity contribution in [3.05, 3.63) is 229 Å². The van der Waals surface area contributed by atoms with Gasteiger partial charge in [0.15, 0.2) is 5.82 Å². The van der Waals surface area contributed by atoms with Crippen molar-refractivity contribution in [1.29, 1.82) is 0 Å². The Bertz CT molecular complexity index is 3210. The molecule has 0 unspecified atom stereocenters. The molecule has 0 N–H and O–H groups in total. The van der Waals surface area contributed by atoms with E-state index in [0.717, 1.165) is 28.1 Å². The Morgan fingerprint density at radius 2 is 0.914 bits per heavy atom. The summed E-state index contributed by atoms with van der Waals surface area (Å²) >= 11 is 1.89. The van der Waals surface area contributed by atoms with E-state index >= 15 is 0 Å². The second-order valence-electron chi connectivity index (χ2n) is 15.2. The second kappa shape index (κ2) is 13.0. The Hall–Kier alpha value is -7.07. The third-order valence-electron chi connectivity index (χ3n) is 12.2. The molecule has 0 atom stereocenters. The highest BCUT2D eigenvalue weighted by molar-refractivity contribution is 7.99. The van der Waals surface area contributed by atoms with Gasteiger partial charge in [0, 0.05) is 26.5 Å². The van der Waals surface area contributed by atoms with Crippen LogP contribution in [0.15, 0.2) is 216 Å². The van der Waals surface area contributed by atoms with E-state index in [-0.39, 0.29) is 0 Å². The average Bonchev–Trinajstić information content (AvgIpc) is 3.59. The van der Waals surface area contributed by atoms with Crippen LogP contribution < -0.4 is 0 Å². The summed E-state index contributed by atoms with van der Waals surface area (Å²) in [6.07, 6.45) is 0. The van der Waals surface area contributed by atoms with Crippen LogP contribution in [0.4, 0.5) is 0 Å². The third-order valence-corrected chi connectivity index (χ3v) is 13.4. The van der Waals surface area contributed by atoms with Crippen molar-refractivity contribution >= 4 is 33.3 Å². The molecular formula is C55H34N2S. The molecule has 2 nitrogen and oxygen atoms in total. The monoisotopic (exact) mass is 754 g/mol. The summed E-state index contributed by atoms with van der Waals surface area (Å²) in [6, 6.07) is 75.0.